The van der Waals surface area contributed by atoms with E-state index in [1.165, 1.54) is 5.56 Å². The van der Waals surface area contributed by atoms with Crippen molar-refractivity contribution in [2.24, 2.45) is 5.73 Å². The Labute approximate surface area is 122 Å². The zero-order valence-corrected chi connectivity index (χ0v) is 13.0. The van der Waals surface area contributed by atoms with Crippen LogP contribution in [-0.4, -0.2) is 19.8 Å². The molecule has 1 aromatic carbocycles. The summed E-state index contributed by atoms with van der Waals surface area (Å²) in [6.45, 7) is 5.53. The summed E-state index contributed by atoms with van der Waals surface area (Å²) in [4.78, 5) is 0. The predicted octanol–water partition coefficient (Wildman–Crippen LogP) is 3.32. The van der Waals surface area contributed by atoms with Gasteiger partial charge in [0.2, 0.25) is 0 Å². The van der Waals surface area contributed by atoms with E-state index in [0.717, 1.165) is 37.2 Å². The number of nitrogens with two attached hydrogens (primary N) is 1. The van der Waals surface area contributed by atoms with E-state index in [-0.39, 0.29) is 18.4 Å². The second kappa shape index (κ2) is 10.1. The Kier molecular flexibility index (Phi) is 9.66. The molecule has 0 aromatic heterocycles. The molecular formula is C15H26ClNO2. The van der Waals surface area contributed by atoms with Gasteiger partial charge in [-0.3, -0.25) is 0 Å². The van der Waals surface area contributed by atoms with Crippen LogP contribution in [0.4, 0.5) is 0 Å². The van der Waals surface area contributed by atoms with Crippen LogP contribution in [0.5, 0.6) is 5.75 Å². The fourth-order valence-electron chi connectivity index (χ4n) is 1.83. The quantitative estimate of drug-likeness (QED) is 0.798. The monoisotopic (exact) mass is 287 g/mol. The molecular weight excluding hydrogens is 262 g/mol. The molecule has 0 spiro atoms. The van der Waals surface area contributed by atoms with Gasteiger partial charge in [-0.2, -0.15) is 0 Å². The highest BCUT2D eigenvalue weighted by Gasteiger charge is 2.07. The number of benzene rings is 1. The second-order valence-corrected chi connectivity index (χ2v) is 4.60. The molecule has 110 valence electrons. The molecule has 19 heavy (non-hydrogen) atoms. The molecule has 3 nitrogen and oxygen atoms in total. The smallest absolute Gasteiger partial charge is 0.124 e. The zero-order valence-electron chi connectivity index (χ0n) is 12.1. The topological polar surface area (TPSA) is 44.5 Å². The van der Waals surface area contributed by atoms with Crippen molar-refractivity contribution in [3.8, 4) is 5.75 Å². The van der Waals surface area contributed by atoms with Crippen LogP contribution in [0.1, 0.15) is 37.8 Å². The Morgan fingerprint density at radius 2 is 2.00 bits per heavy atom. The molecule has 0 radical (unpaired) electrons. The highest BCUT2D eigenvalue weighted by Crippen LogP contribution is 2.22. The van der Waals surface area contributed by atoms with Gasteiger partial charge in [-0.1, -0.05) is 19.9 Å². The first-order valence-electron chi connectivity index (χ1n) is 6.70. The van der Waals surface area contributed by atoms with Crippen LogP contribution in [0.3, 0.4) is 0 Å². The van der Waals surface area contributed by atoms with Crippen LogP contribution in [-0.2, 0) is 17.8 Å². The molecule has 0 aliphatic carbocycles. The van der Waals surface area contributed by atoms with Crippen LogP contribution < -0.4 is 10.5 Å². The third-order valence-electron chi connectivity index (χ3n) is 2.91. The van der Waals surface area contributed by atoms with E-state index >= 15 is 0 Å². The first-order chi connectivity index (χ1) is 8.71. The number of ether oxygens (including phenoxy) is 2. The molecule has 0 fully saturated rings. The maximum atomic E-state index is 5.98. The summed E-state index contributed by atoms with van der Waals surface area (Å²) >= 11 is 0. The Balaban J connectivity index is 0.00000324. The minimum atomic E-state index is 0. The van der Waals surface area contributed by atoms with Gasteiger partial charge in [-0.05, 0) is 37.0 Å². The van der Waals surface area contributed by atoms with Gasteiger partial charge in [0, 0.05) is 18.7 Å². The summed E-state index contributed by atoms with van der Waals surface area (Å²) in [6, 6.07) is 6.49. The van der Waals surface area contributed by atoms with E-state index in [1.807, 2.05) is 6.07 Å². The fraction of sp³-hybridized carbons (Fsp3) is 0.600. The molecule has 0 aliphatic rings. The van der Waals surface area contributed by atoms with Gasteiger partial charge in [-0.15, -0.1) is 12.4 Å². The average molecular weight is 288 g/mol. The molecule has 0 saturated carbocycles. The maximum Gasteiger partial charge on any atom is 0.124 e. The molecule has 0 amide bonds. The number of hydrogen-bond donors (Lipinski definition) is 1. The van der Waals surface area contributed by atoms with Gasteiger partial charge < -0.3 is 15.2 Å². The lowest BCUT2D eigenvalue weighted by atomic mass is 10.0. The van der Waals surface area contributed by atoms with Crippen molar-refractivity contribution in [3.05, 3.63) is 29.3 Å². The molecule has 0 heterocycles. The van der Waals surface area contributed by atoms with Crippen molar-refractivity contribution in [2.45, 2.75) is 45.8 Å². The summed E-state index contributed by atoms with van der Waals surface area (Å²) in [5, 5.41) is 0. The fourth-order valence-corrected chi connectivity index (χ4v) is 1.83. The van der Waals surface area contributed by atoms with Gasteiger partial charge >= 0.3 is 0 Å². The van der Waals surface area contributed by atoms with Crippen molar-refractivity contribution < 1.29 is 9.47 Å². The normalized spacial score (nSPS) is 11.8. The van der Waals surface area contributed by atoms with Crippen molar-refractivity contribution in [2.75, 3.05) is 13.7 Å². The van der Waals surface area contributed by atoms with Gasteiger partial charge in [0.1, 0.15) is 5.75 Å². The van der Waals surface area contributed by atoms with E-state index in [1.54, 1.807) is 7.11 Å². The molecule has 1 aromatic rings. The molecule has 1 unspecified atom stereocenters. The zero-order chi connectivity index (χ0) is 13.4. The van der Waals surface area contributed by atoms with E-state index in [0.29, 0.717) is 6.61 Å². The van der Waals surface area contributed by atoms with Crippen LogP contribution in [0, 0.1) is 0 Å². The summed E-state index contributed by atoms with van der Waals surface area (Å²) < 4.78 is 10.9. The molecule has 4 heteroatoms. The van der Waals surface area contributed by atoms with Gasteiger partial charge in [-0.25, -0.2) is 0 Å². The lowest BCUT2D eigenvalue weighted by molar-refractivity contribution is 0.179. The SMILES string of the molecule is CCCOc1ccc(CC(N)CC)cc1COC.Cl. The number of methoxy groups -OCH3 is 1. The van der Waals surface area contributed by atoms with Gasteiger partial charge in [0.15, 0.2) is 0 Å². The summed E-state index contributed by atoms with van der Waals surface area (Å²) in [5.74, 6) is 0.924. The Morgan fingerprint density at radius 1 is 1.26 bits per heavy atom. The Hall–Kier alpha value is -0.770. The summed E-state index contributed by atoms with van der Waals surface area (Å²) in [6.07, 6.45) is 2.91. The van der Waals surface area contributed by atoms with E-state index in [4.69, 9.17) is 15.2 Å². The lowest BCUT2D eigenvalue weighted by Gasteiger charge is -2.14. The number of hydrogen-bond acceptors (Lipinski definition) is 3. The molecule has 0 saturated heterocycles. The minimum Gasteiger partial charge on any atom is -0.493 e. The molecule has 2 N–H and O–H groups in total. The van der Waals surface area contributed by atoms with Crippen LogP contribution in [0.25, 0.3) is 0 Å². The maximum absolute atomic E-state index is 5.98. The largest absolute Gasteiger partial charge is 0.493 e. The lowest BCUT2D eigenvalue weighted by Crippen LogP contribution is -2.21. The summed E-state index contributed by atoms with van der Waals surface area (Å²) in [5.41, 5.74) is 8.34. The highest BCUT2D eigenvalue weighted by molar-refractivity contribution is 5.85. The molecule has 0 bridgehead atoms. The second-order valence-electron chi connectivity index (χ2n) is 4.60. The number of halogens is 1. The average Bonchev–Trinajstić information content (AvgIpc) is 2.38. The van der Waals surface area contributed by atoms with Crippen molar-refractivity contribution in [1.82, 2.24) is 0 Å². The Bertz CT molecular complexity index is 358. The summed E-state index contributed by atoms with van der Waals surface area (Å²) in [7, 11) is 1.70. The van der Waals surface area contributed by atoms with Crippen molar-refractivity contribution in [1.29, 1.82) is 0 Å². The third kappa shape index (κ3) is 6.28. The first-order valence-corrected chi connectivity index (χ1v) is 6.70. The van der Waals surface area contributed by atoms with Gasteiger partial charge in [0.25, 0.3) is 0 Å². The van der Waals surface area contributed by atoms with E-state index in [9.17, 15) is 0 Å². The predicted molar refractivity (Wildman–Crippen MR) is 82.2 cm³/mol. The minimum absolute atomic E-state index is 0. The van der Waals surface area contributed by atoms with Crippen LogP contribution >= 0.6 is 12.4 Å². The van der Waals surface area contributed by atoms with Crippen LogP contribution in [0.2, 0.25) is 0 Å². The third-order valence-corrected chi connectivity index (χ3v) is 2.91. The van der Waals surface area contributed by atoms with Crippen molar-refractivity contribution in [3.63, 3.8) is 0 Å². The molecule has 0 aliphatic heterocycles. The van der Waals surface area contributed by atoms with Gasteiger partial charge in [0.05, 0.1) is 13.2 Å². The Morgan fingerprint density at radius 3 is 2.58 bits per heavy atom. The molecule has 1 rings (SSSR count). The molecule has 1 atom stereocenters. The number of rotatable bonds is 8. The van der Waals surface area contributed by atoms with E-state index < -0.39 is 0 Å². The van der Waals surface area contributed by atoms with E-state index in [2.05, 4.69) is 26.0 Å². The van der Waals surface area contributed by atoms with Crippen LogP contribution in [0.15, 0.2) is 18.2 Å². The van der Waals surface area contributed by atoms with Crippen molar-refractivity contribution >= 4 is 12.4 Å². The standard InChI is InChI=1S/C15H25NO2.ClH/c1-4-8-18-15-7-6-12(10-14(16)5-2)9-13(15)11-17-3;/h6-7,9,14H,4-5,8,10-11,16H2,1-3H3;1H. The highest BCUT2D eigenvalue weighted by atomic mass is 35.5. The first kappa shape index (κ1) is 18.2.